The third-order valence-corrected chi connectivity index (χ3v) is 3.28. The zero-order valence-corrected chi connectivity index (χ0v) is 10.8. The standard InChI is InChI=1S/C18H13FO/c19-15-11-9-14(10-12-15)17-8-4-7-16(18(17)20)13-5-2-1-3-6-13/h1-12,20H. The van der Waals surface area contributed by atoms with Crippen LogP contribution >= 0.6 is 0 Å². The number of hydrogen-bond donors (Lipinski definition) is 1. The highest BCUT2D eigenvalue weighted by atomic mass is 19.1. The van der Waals surface area contributed by atoms with Crippen molar-refractivity contribution in [3.05, 3.63) is 78.6 Å². The molecule has 0 aromatic heterocycles. The Hall–Kier alpha value is -2.61. The van der Waals surface area contributed by atoms with Crippen molar-refractivity contribution in [2.45, 2.75) is 0 Å². The second-order valence-corrected chi connectivity index (χ2v) is 4.57. The van der Waals surface area contributed by atoms with E-state index in [-0.39, 0.29) is 11.6 Å². The maximum absolute atomic E-state index is 13.0. The first-order valence-electron chi connectivity index (χ1n) is 6.39. The van der Waals surface area contributed by atoms with E-state index in [1.54, 1.807) is 12.1 Å². The van der Waals surface area contributed by atoms with Gasteiger partial charge in [0.05, 0.1) is 0 Å². The van der Waals surface area contributed by atoms with Gasteiger partial charge in [-0.1, -0.05) is 60.7 Å². The summed E-state index contributed by atoms with van der Waals surface area (Å²) in [5.41, 5.74) is 3.22. The molecule has 3 aromatic carbocycles. The minimum atomic E-state index is -0.285. The smallest absolute Gasteiger partial charge is 0.131 e. The Morgan fingerprint density at radius 2 is 1.15 bits per heavy atom. The van der Waals surface area contributed by atoms with Crippen molar-refractivity contribution in [2.24, 2.45) is 0 Å². The summed E-state index contributed by atoms with van der Waals surface area (Å²) in [6, 6.07) is 21.4. The Morgan fingerprint density at radius 3 is 1.75 bits per heavy atom. The Kier molecular flexibility index (Phi) is 3.21. The molecular weight excluding hydrogens is 251 g/mol. The summed E-state index contributed by atoms with van der Waals surface area (Å²) in [6.07, 6.45) is 0. The van der Waals surface area contributed by atoms with Gasteiger partial charge in [-0.05, 0) is 23.3 Å². The van der Waals surface area contributed by atoms with Gasteiger partial charge in [0, 0.05) is 11.1 Å². The SMILES string of the molecule is Oc1c(-c2ccccc2)cccc1-c1ccc(F)cc1. The molecule has 1 nitrogen and oxygen atoms in total. The maximum Gasteiger partial charge on any atom is 0.131 e. The van der Waals surface area contributed by atoms with Crippen molar-refractivity contribution in [1.82, 2.24) is 0 Å². The molecule has 98 valence electrons. The minimum absolute atomic E-state index is 0.213. The summed E-state index contributed by atoms with van der Waals surface area (Å²) in [6.45, 7) is 0. The Morgan fingerprint density at radius 1 is 0.600 bits per heavy atom. The molecule has 0 aliphatic carbocycles. The van der Waals surface area contributed by atoms with Crippen molar-refractivity contribution >= 4 is 0 Å². The first kappa shape index (κ1) is 12.4. The fourth-order valence-corrected chi connectivity index (χ4v) is 2.26. The van der Waals surface area contributed by atoms with Gasteiger partial charge in [-0.15, -0.1) is 0 Å². The fraction of sp³-hybridized carbons (Fsp3) is 0. The lowest BCUT2D eigenvalue weighted by Gasteiger charge is -2.10. The average molecular weight is 264 g/mol. The van der Waals surface area contributed by atoms with Crippen LogP contribution in [0.3, 0.4) is 0 Å². The zero-order valence-electron chi connectivity index (χ0n) is 10.8. The Balaban J connectivity index is 2.13. The number of benzene rings is 3. The quantitative estimate of drug-likeness (QED) is 0.700. The van der Waals surface area contributed by atoms with E-state index in [0.29, 0.717) is 5.56 Å². The number of aromatic hydroxyl groups is 1. The number of rotatable bonds is 2. The second kappa shape index (κ2) is 5.17. The lowest BCUT2D eigenvalue weighted by molar-refractivity contribution is 0.479. The van der Waals surface area contributed by atoms with Crippen LogP contribution in [-0.2, 0) is 0 Å². The molecule has 0 fully saturated rings. The molecule has 0 spiro atoms. The highest BCUT2D eigenvalue weighted by Crippen LogP contribution is 2.37. The molecule has 0 saturated carbocycles. The van der Waals surface area contributed by atoms with E-state index in [1.165, 1.54) is 12.1 Å². The molecule has 3 aromatic rings. The molecule has 20 heavy (non-hydrogen) atoms. The van der Waals surface area contributed by atoms with Gasteiger partial charge in [0.2, 0.25) is 0 Å². The van der Waals surface area contributed by atoms with Crippen LogP contribution in [0, 0.1) is 5.82 Å². The van der Waals surface area contributed by atoms with Crippen LogP contribution in [0.4, 0.5) is 4.39 Å². The summed E-state index contributed by atoms with van der Waals surface area (Å²) >= 11 is 0. The topological polar surface area (TPSA) is 20.2 Å². The maximum atomic E-state index is 13.0. The van der Waals surface area contributed by atoms with Crippen LogP contribution in [-0.4, -0.2) is 5.11 Å². The van der Waals surface area contributed by atoms with Gasteiger partial charge >= 0.3 is 0 Å². The second-order valence-electron chi connectivity index (χ2n) is 4.57. The largest absolute Gasteiger partial charge is 0.507 e. The lowest BCUT2D eigenvalue weighted by Crippen LogP contribution is -1.84. The van der Waals surface area contributed by atoms with E-state index in [9.17, 15) is 9.50 Å². The molecular formula is C18H13FO. The van der Waals surface area contributed by atoms with Gasteiger partial charge in [0.15, 0.2) is 0 Å². The van der Waals surface area contributed by atoms with Crippen LogP contribution in [0.5, 0.6) is 5.75 Å². The minimum Gasteiger partial charge on any atom is -0.507 e. The Bertz CT molecular complexity index is 718. The van der Waals surface area contributed by atoms with Gasteiger partial charge in [0.1, 0.15) is 11.6 Å². The van der Waals surface area contributed by atoms with E-state index < -0.39 is 0 Å². The third-order valence-electron chi connectivity index (χ3n) is 3.28. The lowest BCUT2D eigenvalue weighted by atomic mass is 9.97. The Labute approximate surface area is 117 Å². The van der Waals surface area contributed by atoms with Crippen LogP contribution in [0.15, 0.2) is 72.8 Å². The van der Waals surface area contributed by atoms with Gasteiger partial charge < -0.3 is 5.11 Å². The summed E-state index contributed by atoms with van der Waals surface area (Å²) in [7, 11) is 0. The van der Waals surface area contributed by atoms with Crippen LogP contribution in [0.25, 0.3) is 22.3 Å². The highest BCUT2D eigenvalue weighted by molar-refractivity contribution is 5.81. The van der Waals surface area contributed by atoms with Crippen molar-refractivity contribution in [2.75, 3.05) is 0 Å². The molecule has 3 rings (SSSR count). The van der Waals surface area contributed by atoms with Crippen molar-refractivity contribution < 1.29 is 9.50 Å². The summed E-state index contributed by atoms with van der Waals surface area (Å²) < 4.78 is 13.0. The molecule has 0 atom stereocenters. The molecule has 0 heterocycles. The predicted molar refractivity (Wildman–Crippen MR) is 78.9 cm³/mol. The summed E-state index contributed by atoms with van der Waals surface area (Å²) in [4.78, 5) is 0. The van der Waals surface area contributed by atoms with E-state index in [4.69, 9.17) is 0 Å². The first-order chi connectivity index (χ1) is 9.75. The number of hydrogen-bond acceptors (Lipinski definition) is 1. The zero-order chi connectivity index (χ0) is 13.9. The molecule has 0 saturated heterocycles. The number of para-hydroxylation sites is 1. The van der Waals surface area contributed by atoms with Crippen molar-refractivity contribution in [3.8, 4) is 28.0 Å². The highest BCUT2D eigenvalue weighted by Gasteiger charge is 2.10. The molecule has 1 N–H and O–H groups in total. The van der Waals surface area contributed by atoms with E-state index in [2.05, 4.69) is 0 Å². The van der Waals surface area contributed by atoms with Gasteiger partial charge in [-0.3, -0.25) is 0 Å². The van der Waals surface area contributed by atoms with Crippen LogP contribution < -0.4 is 0 Å². The van der Waals surface area contributed by atoms with Gasteiger partial charge in [-0.2, -0.15) is 0 Å². The monoisotopic (exact) mass is 264 g/mol. The predicted octanol–water partition coefficient (Wildman–Crippen LogP) is 4.87. The van der Waals surface area contributed by atoms with E-state index in [1.807, 2.05) is 48.5 Å². The first-order valence-corrected chi connectivity index (χ1v) is 6.39. The molecule has 2 heteroatoms. The fourth-order valence-electron chi connectivity index (χ4n) is 2.26. The number of halogens is 1. The summed E-state index contributed by atoms with van der Waals surface area (Å²) in [5, 5.41) is 10.5. The average Bonchev–Trinajstić information content (AvgIpc) is 2.49. The van der Waals surface area contributed by atoms with E-state index >= 15 is 0 Å². The molecule has 0 bridgehead atoms. The van der Waals surface area contributed by atoms with Crippen molar-refractivity contribution in [3.63, 3.8) is 0 Å². The number of phenolic OH excluding ortho intramolecular Hbond substituents is 1. The number of phenols is 1. The third kappa shape index (κ3) is 2.28. The molecule has 0 aliphatic rings. The molecule has 0 unspecified atom stereocenters. The van der Waals surface area contributed by atoms with Crippen LogP contribution in [0.2, 0.25) is 0 Å². The van der Waals surface area contributed by atoms with Crippen LogP contribution in [0.1, 0.15) is 0 Å². The van der Waals surface area contributed by atoms with Gasteiger partial charge in [0.25, 0.3) is 0 Å². The molecule has 0 radical (unpaired) electrons. The van der Waals surface area contributed by atoms with Crippen molar-refractivity contribution in [1.29, 1.82) is 0 Å². The van der Waals surface area contributed by atoms with E-state index in [0.717, 1.165) is 16.7 Å². The normalized spacial score (nSPS) is 10.4. The summed E-state index contributed by atoms with van der Waals surface area (Å²) in [5.74, 6) is -0.0715. The molecule has 0 amide bonds. The van der Waals surface area contributed by atoms with Gasteiger partial charge in [-0.25, -0.2) is 4.39 Å². The molecule has 0 aliphatic heterocycles.